The van der Waals surface area contributed by atoms with E-state index in [1.54, 1.807) is 0 Å². The quantitative estimate of drug-likeness (QED) is 0.129. The van der Waals surface area contributed by atoms with Crippen LogP contribution in [0.4, 0.5) is 9.59 Å². The van der Waals surface area contributed by atoms with Gasteiger partial charge in [0.25, 0.3) is 11.8 Å². The molecule has 0 spiro atoms. The highest BCUT2D eigenvalue weighted by molar-refractivity contribution is 6.01. The maximum absolute atomic E-state index is 14.9. The van der Waals surface area contributed by atoms with Gasteiger partial charge < -0.3 is 21.7 Å². The van der Waals surface area contributed by atoms with Crippen LogP contribution in [0, 0.1) is 5.92 Å². The van der Waals surface area contributed by atoms with Gasteiger partial charge in [-0.1, -0.05) is 107 Å². The number of rotatable bonds is 11. The molecule has 0 radical (unpaired) electrons. The van der Waals surface area contributed by atoms with E-state index in [1.807, 2.05) is 62.4 Å². The summed E-state index contributed by atoms with van der Waals surface area (Å²) in [5.41, 5.74) is 13.0. The van der Waals surface area contributed by atoms with Crippen LogP contribution in [-0.4, -0.2) is 81.0 Å². The predicted octanol–water partition coefficient (Wildman–Crippen LogP) is 6.14. The zero-order valence-corrected chi connectivity index (χ0v) is 37.3. The summed E-state index contributed by atoms with van der Waals surface area (Å²) in [5.74, 6) is -2.92. The molecule has 8 N–H and O–H groups in total. The molecule has 5 unspecified atom stereocenters. The van der Waals surface area contributed by atoms with E-state index in [2.05, 4.69) is 65.5 Å². The second kappa shape index (κ2) is 16.0. The molecule has 0 aromatic heterocycles. The molecule has 7 aliphatic rings. The lowest BCUT2D eigenvalue weighted by atomic mass is 9.56. The predicted molar refractivity (Wildman–Crippen MR) is 240 cm³/mol. The lowest BCUT2D eigenvalue weighted by molar-refractivity contribution is -0.144. The minimum absolute atomic E-state index is 0.137. The van der Waals surface area contributed by atoms with Gasteiger partial charge in [-0.05, 0) is 101 Å². The van der Waals surface area contributed by atoms with Crippen molar-refractivity contribution < 1.29 is 39.0 Å². The summed E-state index contributed by atoms with van der Waals surface area (Å²) in [5, 5.41) is 24.6. The average molecular weight is 873 g/mol. The Kier molecular flexibility index (Phi) is 11.2. The molecule has 2 saturated heterocycles. The summed E-state index contributed by atoms with van der Waals surface area (Å²) < 4.78 is 0. The number of hydrogen-bond acceptors (Lipinski definition) is 8. The van der Waals surface area contributed by atoms with Crippen molar-refractivity contribution in [3.05, 3.63) is 112 Å². The van der Waals surface area contributed by atoms with Crippen molar-refractivity contribution in [3.63, 3.8) is 0 Å². The van der Waals surface area contributed by atoms with Gasteiger partial charge in [-0.2, -0.15) is 0 Å². The number of carbonyl (C=O) groups excluding carboxylic acids is 4. The molecule has 338 valence electrons. The Bertz CT molecular complexity index is 2440. The summed E-state index contributed by atoms with van der Waals surface area (Å²) in [6, 6.07) is 22.8. The summed E-state index contributed by atoms with van der Waals surface area (Å²) in [7, 11) is 0. The minimum atomic E-state index is -1.62. The number of hydrogen-bond donors (Lipinski definition) is 6. The van der Waals surface area contributed by atoms with E-state index in [1.165, 1.54) is 0 Å². The lowest BCUT2D eigenvalue weighted by Gasteiger charge is -2.58. The highest BCUT2D eigenvalue weighted by Gasteiger charge is 2.66. The molecular weight excluding hydrogens is 813 g/mol. The van der Waals surface area contributed by atoms with Crippen LogP contribution in [-0.2, 0) is 46.5 Å². The van der Waals surface area contributed by atoms with Crippen LogP contribution in [0.15, 0.2) is 78.4 Å². The molecule has 64 heavy (non-hydrogen) atoms. The lowest BCUT2D eigenvalue weighted by Crippen LogP contribution is -2.70. The fourth-order valence-electron chi connectivity index (χ4n) is 13.2. The van der Waals surface area contributed by atoms with Gasteiger partial charge in [0, 0.05) is 48.2 Å². The Hall–Kier alpha value is -5.86. The highest BCUT2D eigenvalue weighted by Crippen LogP contribution is 2.59. The van der Waals surface area contributed by atoms with Gasteiger partial charge in [0.2, 0.25) is 11.8 Å². The van der Waals surface area contributed by atoms with Crippen LogP contribution in [0.3, 0.4) is 0 Å². The number of carboxylic acid groups (broad SMARTS) is 2. The number of imide groups is 2. The second-order valence-corrected chi connectivity index (χ2v) is 20.1. The van der Waals surface area contributed by atoms with Gasteiger partial charge in [-0.15, -0.1) is 0 Å². The number of nitrogens with zero attached hydrogens (tertiary/aromatic N) is 2. The van der Waals surface area contributed by atoms with Crippen molar-refractivity contribution in [2.24, 2.45) is 17.4 Å². The zero-order chi connectivity index (χ0) is 46.1. The Morgan fingerprint density at radius 2 is 1.09 bits per heavy atom. The summed E-state index contributed by atoms with van der Waals surface area (Å²) >= 11 is 0. The summed E-state index contributed by atoms with van der Waals surface area (Å²) in [6.45, 7) is 11.0. The molecule has 0 saturated carbocycles. The number of carbonyl (C=O) groups is 6. The largest absolute Gasteiger partial charge is 0.465 e. The standard InChI is InChI=1S/C50H60N6O8/c1-46(2,3)30-15-13-29(14-16-30)41-35(37-11-7-25-55(37)49(42(59)53-44(61)62)33-21-17-31(18-22-33)47(49,4)27-39(51)57)9-6-10-36(41)38-12-8-26-56(38)50(43(60)54-45(63)64)34-23-19-32(20-24-34)48(50,5)28-40(52)58/h13-24,35,37-38H,6-12,25-28H2,1-5H3,(H2,51,57)(H2,52,58)(H,53,59)(H,54,60)(H,61,62)(H,63,64)/t35?,37?,38?,47?,48?,49-,50-/m1/s1. The van der Waals surface area contributed by atoms with Gasteiger partial charge in [0.1, 0.15) is 11.1 Å². The monoisotopic (exact) mass is 872 g/mol. The highest BCUT2D eigenvalue weighted by atomic mass is 16.4. The Balaban J connectivity index is 1.35. The third kappa shape index (κ3) is 6.66. The maximum Gasteiger partial charge on any atom is 0.411 e. The number of primary amides is 2. The van der Waals surface area contributed by atoms with E-state index < -0.39 is 57.7 Å². The molecule has 2 fully saturated rings. The number of nitrogens with two attached hydrogens (primary N) is 2. The molecule has 3 aromatic rings. The number of amides is 6. The third-order valence-electron chi connectivity index (χ3n) is 15.7. The molecular formula is C50H60N6O8. The number of benzene rings is 3. The first-order valence-corrected chi connectivity index (χ1v) is 22.5. The molecule has 6 amide bonds. The molecule has 7 atom stereocenters. The smallest absolute Gasteiger partial charge is 0.411 e. The van der Waals surface area contributed by atoms with Gasteiger partial charge in [-0.3, -0.25) is 39.6 Å². The van der Waals surface area contributed by atoms with E-state index in [4.69, 9.17) is 11.5 Å². The third-order valence-corrected chi connectivity index (χ3v) is 15.7. The van der Waals surface area contributed by atoms with Crippen LogP contribution in [0.5, 0.6) is 0 Å². The van der Waals surface area contributed by atoms with E-state index in [0.717, 1.165) is 35.1 Å². The first-order chi connectivity index (χ1) is 30.2. The number of fused-ring (bicyclic) bond motifs is 6. The zero-order valence-electron chi connectivity index (χ0n) is 37.3. The van der Waals surface area contributed by atoms with Crippen LogP contribution in [0.25, 0.3) is 5.57 Å². The second-order valence-electron chi connectivity index (χ2n) is 20.1. The van der Waals surface area contributed by atoms with Crippen LogP contribution in [0.2, 0.25) is 0 Å². The van der Waals surface area contributed by atoms with E-state index in [9.17, 15) is 39.0 Å². The number of nitrogens with one attached hydrogen (secondary N) is 2. The fraction of sp³-hybridized carbons (Fsp3) is 0.480. The number of likely N-dealkylation sites (tertiary alicyclic amines) is 2. The van der Waals surface area contributed by atoms with Crippen molar-refractivity contribution in [2.45, 2.75) is 132 Å². The molecule has 2 heterocycles. The molecule has 14 heteroatoms. The first kappa shape index (κ1) is 44.7. The van der Waals surface area contributed by atoms with Gasteiger partial charge in [0.15, 0.2) is 0 Å². The fourth-order valence-corrected chi connectivity index (χ4v) is 13.2. The van der Waals surface area contributed by atoms with Crippen molar-refractivity contribution in [2.75, 3.05) is 13.1 Å². The maximum atomic E-state index is 14.9. The first-order valence-electron chi connectivity index (χ1n) is 22.5. The van der Waals surface area contributed by atoms with Crippen molar-refractivity contribution in [1.82, 2.24) is 20.4 Å². The molecule has 10 rings (SSSR count). The molecule has 5 aliphatic carbocycles. The van der Waals surface area contributed by atoms with E-state index in [0.29, 0.717) is 67.4 Å². The summed E-state index contributed by atoms with van der Waals surface area (Å²) in [4.78, 5) is 85.0. The van der Waals surface area contributed by atoms with Gasteiger partial charge in [0.05, 0.1) is 0 Å². The minimum Gasteiger partial charge on any atom is -0.465 e. The van der Waals surface area contributed by atoms with Crippen LogP contribution < -0.4 is 22.1 Å². The molecule has 14 nitrogen and oxygen atoms in total. The van der Waals surface area contributed by atoms with Crippen molar-refractivity contribution in [3.8, 4) is 0 Å². The van der Waals surface area contributed by atoms with E-state index >= 15 is 0 Å². The van der Waals surface area contributed by atoms with E-state index in [-0.39, 0.29) is 36.3 Å². The van der Waals surface area contributed by atoms with Crippen LogP contribution >= 0.6 is 0 Å². The molecule has 2 aliphatic heterocycles. The molecule has 4 bridgehead atoms. The Morgan fingerprint density at radius 1 is 0.641 bits per heavy atom. The molecule has 3 aromatic carbocycles. The topological polar surface area (TPSA) is 225 Å². The van der Waals surface area contributed by atoms with Gasteiger partial charge >= 0.3 is 12.2 Å². The SMILES string of the molecule is CC(C)(C)c1ccc(C2=C(C3CCCN3[C@@]3(C(=O)NC(=O)O)c4ccc(cc4)C3(C)CC(N)=O)CCCC2C2CCCN2[C@@]2(C(=O)NC(=O)O)c3ccc(cc3)C2(C)CC(N)=O)cc1. The Labute approximate surface area is 373 Å². The normalized spacial score (nSPS) is 30.0. The average Bonchev–Trinajstić information content (AvgIpc) is 3.91. The summed E-state index contributed by atoms with van der Waals surface area (Å²) in [6.07, 6.45) is 1.48. The van der Waals surface area contributed by atoms with Crippen molar-refractivity contribution in [1.29, 1.82) is 0 Å². The Morgan fingerprint density at radius 3 is 1.56 bits per heavy atom. The van der Waals surface area contributed by atoms with Crippen LogP contribution in [0.1, 0.15) is 126 Å². The van der Waals surface area contributed by atoms with Gasteiger partial charge in [-0.25, -0.2) is 9.59 Å². The van der Waals surface area contributed by atoms with Crippen molar-refractivity contribution >= 4 is 41.4 Å².